The van der Waals surface area contributed by atoms with Gasteiger partial charge in [-0.25, -0.2) is 4.39 Å². The van der Waals surface area contributed by atoms with Gasteiger partial charge in [0.25, 0.3) is 11.5 Å². The molecule has 0 saturated carbocycles. The van der Waals surface area contributed by atoms with Crippen molar-refractivity contribution in [3.05, 3.63) is 68.7 Å². The molecule has 4 rings (SSSR count). The van der Waals surface area contributed by atoms with E-state index in [1.165, 1.54) is 36.3 Å². The molecule has 1 amide bonds. The van der Waals surface area contributed by atoms with E-state index in [2.05, 4.69) is 10.2 Å². The molecule has 0 aliphatic carbocycles. The standard InChI is InChI=1S/C22H24FN3O2S/c1-15-19(21(27)24-9-13-25-10-2-3-11-25)20-18(29-15)8-12-26(22(20)28)14-16-4-6-17(23)7-5-16/h4-8,12H,2-3,9-11,13-14H2,1H3,(H,24,27). The maximum Gasteiger partial charge on any atom is 0.260 e. The van der Waals surface area contributed by atoms with Crippen molar-refractivity contribution in [3.63, 3.8) is 0 Å². The zero-order valence-corrected chi connectivity index (χ0v) is 17.2. The lowest BCUT2D eigenvalue weighted by molar-refractivity contribution is 0.0951. The Balaban J connectivity index is 1.58. The molecule has 1 aliphatic rings. The van der Waals surface area contributed by atoms with Gasteiger partial charge in [0.2, 0.25) is 0 Å². The molecule has 3 aromatic rings. The van der Waals surface area contributed by atoms with Gasteiger partial charge in [0.1, 0.15) is 5.82 Å². The van der Waals surface area contributed by atoms with Gasteiger partial charge in [-0.2, -0.15) is 0 Å². The minimum Gasteiger partial charge on any atom is -0.351 e. The number of likely N-dealkylation sites (tertiary alicyclic amines) is 1. The maximum absolute atomic E-state index is 13.1. The second-order valence-corrected chi connectivity index (χ2v) is 8.71. The number of nitrogens with one attached hydrogen (secondary N) is 1. The van der Waals surface area contributed by atoms with Crippen LogP contribution in [0.15, 0.2) is 41.3 Å². The summed E-state index contributed by atoms with van der Waals surface area (Å²) in [6, 6.07) is 7.96. The molecule has 1 N–H and O–H groups in total. The smallest absolute Gasteiger partial charge is 0.260 e. The number of benzene rings is 1. The molecule has 0 spiro atoms. The van der Waals surface area contributed by atoms with Crippen LogP contribution in [-0.4, -0.2) is 41.6 Å². The van der Waals surface area contributed by atoms with Crippen LogP contribution in [0.25, 0.3) is 10.1 Å². The highest BCUT2D eigenvalue weighted by molar-refractivity contribution is 7.19. The van der Waals surface area contributed by atoms with Gasteiger partial charge in [0.05, 0.1) is 17.5 Å². The molecule has 1 aromatic carbocycles. The summed E-state index contributed by atoms with van der Waals surface area (Å²) < 4.78 is 15.5. The van der Waals surface area contributed by atoms with E-state index in [1.807, 2.05) is 13.0 Å². The minimum atomic E-state index is -0.308. The second-order valence-electron chi connectivity index (χ2n) is 7.45. The number of carbonyl (C=O) groups is 1. The third-order valence-corrected chi connectivity index (χ3v) is 6.47. The van der Waals surface area contributed by atoms with E-state index in [-0.39, 0.29) is 17.3 Å². The molecule has 0 bridgehead atoms. The molecule has 1 saturated heterocycles. The fourth-order valence-corrected chi connectivity index (χ4v) is 4.92. The predicted molar refractivity (Wildman–Crippen MR) is 114 cm³/mol. The first-order valence-corrected chi connectivity index (χ1v) is 10.7. The second kappa shape index (κ2) is 8.47. The van der Waals surface area contributed by atoms with Crippen molar-refractivity contribution < 1.29 is 9.18 Å². The van der Waals surface area contributed by atoms with E-state index in [0.29, 0.717) is 24.0 Å². The number of carbonyl (C=O) groups excluding carboxylic acids is 1. The van der Waals surface area contributed by atoms with Gasteiger partial charge in [-0.3, -0.25) is 9.59 Å². The van der Waals surface area contributed by atoms with Gasteiger partial charge in [-0.1, -0.05) is 12.1 Å². The largest absolute Gasteiger partial charge is 0.351 e. The van der Waals surface area contributed by atoms with Crippen molar-refractivity contribution in [2.45, 2.75) is 26.3 Å². The fraction of sp³-hybridized carbons (Fsp3) is 0.364. The highest BCUT2D eigenvalue weighted by atomic mass is 32.1. The summed E-state index contributed by atoms with van der Waals surface area (Å²) in [4.78, 5) is 29.2. The lowest BCUT2D eigenvalue weighted by Gasteiger charge is -2.14. The van der Waals surface area contributed by atoms with Gasteiger partial charge >= 0.3 is 0 Å². The first-order valence-electron chi connectivity index (χ1n) is 9.90. The summed E-state index contributed by atoms with van der Waals surface area (Å²) in [5.74, 6) is -0.498. The van der Waals surface area contributed by atoms with Crippen molar-refractivity contribution in [2.75, 3.05) is 26.2 Å². The third kappa shape index (κ3) is 4.26. The summed E-state index contributed by atoms with van der Waals surface area (Å²) in [6.45, 7) is 5.80. The van der Waals surface area contributed by atoms with Gasteiger partial charge in [0.15, 0.2) is 0 Å². The summed E-state index contributed by atoms with van der Waals surface area (Å²) in [6.07, 6.45) is 4.17. The molecule has 0 radical (unpaired) electrons. The molecule has 1 fully saturated rings. The lowest BCUT2D eigenvalue weighted by Crippen LogP contribution is -2.34. The summed E-state index contributed by atoms with van der Waals surface area (Å²) in [5.41, 5.74) is 1.11. The molecule has 7 heteroatoms. The molecule has 0 atom stereocenters. The van der Waals surface area contributed by atoms with Crippen LogP contribution in [0.1, 0.15) is 33.6 Å². The Morgan fingerprint density at radius 2 is 1.90 bits per heavy atom. The quantitative estimate of drug-likeness (QED) is 0.674. The van der Waals surface area contributed by atoms with E-state index in [0.717, 1.165) is 34.8 Å². The SMILES string of the molecule is Cc1sc2ccn(Cc3ccc(F)cc3)c(=O)c2c1C(=O)NCCN1CCCC1. The van der Waals surface area contributed by atoms with Crippen LogP contribution in [0.3, 0.4) is 0 Å². The number of amides is 1. The van der Waals surface area contributed by atoms with E-state index in [9.17, 15) is 14.0 Å². The highest BCUT2D eigenvalue weighted by Gasteiger charge is 2.20. The van der Waals surface area contributed by atoms with Crippen molar-refractivity contribution in [1.82, 2.24) is 14.8 Å². The fourth-order valence-electron chi connectivity index (χ4n) is 3.87. The van der Waals surface area contributed by atoms with Crippen LogP contribution in [-0.2, 0) is 6.54 Å². The number of nitrogens with zero attached hydrogens (tertiary/aromatic N) is 2. The Bertz CT molecular complexity index is 1080. The average molecular weight is 414 g/mol. The van der Waals surface area contributed by atoms with Crippen LogP contribution >= 0.6 is 11.3 Å². The maximum atomic E-state index is 13.1. The van der Waals surface area contributed by atoms with E-state index >= 15 is 0 Å². The first-order chi connectivity index (χ1) is 14.0. The van der Waals surface area contributed by atoms with Crippen molar-refractivity contribution >= 4 is 27.3 Å². The first kappa shape index (κ1) is 19.8. The van der Waals surface area contributed by atoms with Crippen LogP contribution in [0.2, 0.25) is 0 Å². The number of thiophene rings is 1. The van der Waals surface area contributed by atoms with E-state index in [4.69, 9.17) is 0 Å². The number of hydrogen-bond donors (Lipinski definition) is 1. The van der Waals surface area contributed by atoms with E-state index in [1.54, 1.807) is 22.9 Å². The van der Waals surface area contributed by atoms with Crippen molar-refractivity contribution in [2.24, 2.45) is 0 Å². The number of aryl methyl sites for hydroxylation is 1. The van der Waals surface area contributed by atoms with Gasteiger partial charge < -0.3 is 14.8 Å². The van der Waals surface area contributed by atoms with Crippen LogP contribution in [0.5, 0.6) is 0 Å². The normalized spacial score (nSPS) is 14.6. The monoisotopic (exact) mass is 413 g/mol. The zero-order chi connectivity index (χ0) is 20.4. The predicted octanol–water partition coefficient (Wildman–Crippen LogP) is 3.38. The zero-order valence-electron chi connectivity index (χ0n) is 16.4. The van der Waals surface area contributed by atoms with Gasteiger partial charge in [-0.15, -0.1) is 11.3 Å². The molecule has 152 valence electrons. The molecule has 1 aliphatic heterocycles. The Morgan fingerprint density at radius 3 is 2.62 bits per heavy atom. The Morgan fingerprint density at radius 1 is 1.17 bits per heavy atom. The number of fused-ring (bicyclic) bond motifs is 1. The number of rotatable bonds is 6. The lowest BCUT2D eigenvalue weighted by atomic mass is 10.1. The Hall–Kier alpha value is -2.51. The number of pyridine rings is 1. The highest BCUT2D eigenvalue weighted by Crippen LogP contribution is 2.28. The average Bonchev–Trinajstić information content (AvgIpc) is 3.33. The van der Waals surface area contributed by atoms with Gasteiger partial charge in [0, 0.05) is 28.9 Å². The minimum absolute atomic E-state index is 0.190. The summed E-state index contributed by atoms with van der Waals surface area (Å²) in [5, 5.41) is 3.45. The molecule has 2 aromatic heterocycles. The molecular formula is C22H24FN3O2S. The van der Waals surface area contributed by atoms with Gasteiger partial charge in [-0.05, 0) is 56.6 Å². The number of halogens is 1. The third-order valence-electron chi connectivity index (χ3n) is 5.40. The number of hydrogen-bond acceptors (Lipinski definition) is 4. The van der Waals surface area contributed by atoms with Crippen LogP contribution < -0.4 is 10.9 Å². The molecule has 29 heavy (non-hydrogen) atoms. The molecule has 5 nitrogen and oxygen atoms in total. The summed E-state index contributed by atoms with van der Waals surface area (Å²) in [7, 11) is 0. The molecular weight excluding hydrogens is 389 g/mol. The Kier molecular flexibility index (Phi) is 5.78. The topological polar surface area (TPSA) is 54.3 Å². The van der Waals surface area contributed by atoms with Crippen molar-refractivity contribution in [1.29, 1.82) is 0 Å². The van der Waals surface area contributed by atoms with E-state index < -0.39 is 0 Å². The molecule has 0 unspecified atom stereocenters. The number of aromatic nitrogens is 1. The van der Waals surface area contributed by atoms with Crippen LogP contribution in [0.4, 0.5) is 4.39 Å². The van der Waals surface area contributed by atoms with Crippen molar-refractivity contribution in [3.8, 4) is 0 Å². The molecule has 3 heterocycles. The summed E-state index contributed by atoms with van der Waals surface area (Å²) >= 11 is 1.46. The Labute approximate surface area is 172 Å². The van der Waals surface area contributed by atoms with Crippen LogP contribution in [0, 0.1) is 12.7 Å².